The maximum atomic E-state index is 12.1. The summed E-state index contributed by atoms with van der Waals surface area (Å²) in [6.07, 6.45) is 6.35. The third kappa shape index (κ3) is 3.96. The molecule has 1 aromatic heterocycles. The van der Waals surface area contributed by atoms with Crippen molar-refractivity contribution in [3.8, 4) is 0 Å². The van der Waals surface area contributed by atoms with Crippen molar-refractivity contribution in [2.45, 2.75) is 24.2 Å². The fourth-order valence-corrected chi connectivity index (χ4v) is 3.16. The third-order valence-corrected chi connectivity index (χ3v) is 4.60. The largest absolute Gasteiger partial charge is 0.361 e. The molecule has 0 aliphatic heterocycles. The number of rotatable bonds is 6. The predicted octanol–water partition coefficient (Wildman–Crippen LogP) is 4.85. The Morgan fingerprint density at radius 1 is 1.17 bits per heavy atom. The number of aromatic nitrogens is 1. The van der Waals surface area contributed by atoms with E-state index in [1.54, 1.807) is 11.8 Å². The first-order valence-corrected chi connectivity index (χ1v) is 8.97. The number of aromatic amines is 1. The van der Waals surface area contributed by atoms with Gasteiger partial charge in [-0.25, -0.2) is 0 Å². The van der Waals surface area contributed by atoms with Gasteiger partial charge in [-0.1, -0.05) is 24.3 Å². The fourth-order valence-electron chi connectivity index (χ4n) is 2.70. The van der Waals surface area contributed by atoms with E-state index in [-0.39, 0.29) is 5.91 Å². The smallest absolute Gasteiger partial charge is 0.224 e. The average molecular weight is 324 g/mol. The van der Waals surface area contributed by atoms with E-state index in [1.165, 1.54) is 10.9 Å². The first kappa shape index (κ1) is 15.7. The molecule has 0 spiro atoms. The van der Waals surface area contributed by atoms with E-state index in [0.717, 1.165) is 28.9 Å². The lowest BCUT2D eigenvalue weighted by molar-refractivity contribution is -0.116. The topological polar surface area (TPSA) is 44.9 Å². The molecule has 0 unspecified atom stereocenters. The van der Waals surface area contributed by atoms with Crippen LogP contribution in [0.5, 0.6) is 0 Å². The summed E-state index contributed by atoms with van der Waals surface area (Å²) >= 11 is 1.67. The maximum Gasteiger partial charge on any atom is 0.224 e. The van der Waals surface area contributed by atoms with Crippen molar-refractivity contribution in [2.75, 3.05) is 11.6 Å². The second-order valence-electron chi connectivity index (χ2n) is 5.49. The molecule has 0 aliphatic rings. The molecule has 0 aliphatic carbocycles. The Bertz CT molecular complexity index is 810. The number of H-pyrrole nitrogens is 1. The Balaban J connectivity index is 1.53. The average Bonchev–Trinajstić information content (AvgIpc) is 2.98. The quantitative estimate of drug-likeness (QED) is 0.637. The molecule has 0 bridgehead atoms. The van der Waals surface area contributed by atoms with Crippen molar-refractivity contribution in [3.05, 3.63) is 60.3 Å². The highest BCUT2D eigenvalue weighted by Gasteiger charge is 2.06. The predicted molar refractivity (Wildman–Crippen MR) is 98.1 cm³/mol. The number of benzene rings is 2. The van der Waals surface area contributed by atoms with Crippen LogP contribution in [-0.4, -0.2) is 17.1 Å². The van der Waals surface area contributed by atoms with Gasteiger partial charge in [0, 0.05) is 34.1 Å². The highest BCUT2D eigenvalue weighted by Crippen LogP contribution is 2.21. The molecule has 23 heavy (non-hydrogen) atoms. The first-order valence-electron chi connectivity index (χ1n) is 7.75. The normalized spacial score (nSPS) is 10.8. The van der Waals surface area contributed by atoms with E-state index >= 15 is 0 Å². The van der Waals surface area contributed by atoms with Gasteiger partial charge in [-0.15, -0.1) is 11.8 Å². The monoisotopic (exact) mass is 324 g/mol. The molecule has 0 saturated carbocycles. The number of hydrogen-bond donors (Lipinski definition) is 2. The molecule has 0 radical (unpaired) electrons. The van der Waals surface area contributed by atoms with Gasteiger partial charge in [-0.2, -0.15) is 0 Å². The standard InChI is InChI=1S/C19H20N2OS/c1-23-16-8-5-7-15(12-16)21-19(22)11-4-6-14-13-20-18-10-3-2-9-17(14)18/h2-3,5,7-10,12-13,20H,4,6,11H2,1H3,(H,21,22). The van der Waals surface area contributed by atoms with E-state index < -0.39 is 0 Å². The molecule has 0 saturated heterocycles. The van der Waals surface area contributed by atoms with Gasteiger partial charge in [-0.3, -0.25) is 4.79 Å². The van der Waals surface area contributed by atoms with Gasteiger partial charge in [0.1, 0.15) is 0 Å². The van der Waals surface area contributed by atoms with Gasteiger partial charge >= 0.3 is 0 Å². The number of thioether (sulfide) groups is 1. The molecule has 3 aromatic rings. The van der Waals surface area contributed by atoms with Crippen molar-refractivity contribution in [3.63, 3.8) is 0 Å². The van der Waals surface area contributed by atoms with E-state index in [2.05, 4.69) is 22.4 Å². The van der Waals surface area contributed by atoms with Crippen LogP contribution in [0.4, 0.5) is 5.69 Å². The number of hydrogen-bond acceptors (Lipinski definition) is 2. The number of para-hydroxylation sites is 1. The Labute approximate surface area is 140 Å². The van der Waals surface area contributed by atoms with E-state index in [1.807, 2.05) is 48.9 Å². The van der Waals surface area contributed by atoms with Crippen LogP contribution < -0.4 is 5.32 Å². The van der Waals surface area contributed by atoms with Gasteiger partial charge in [0.25, 0.3) is 0 Å². The summed E-state index contributed by atoms with van der Waals surface area (Å²) in [5.74, 6) is 0.0723. The van der Waals surface area contributed by atoms with Crippen molar-refractivity contribution in [2.24, 2.45) is 0 Å². The van der Waals surface area contributed by atoms with Gasteiger partial charge in [0.15, 0.2) is 0 Å². The van der Waals surface area contributed by atoms with Crippen molar-refractivity contribution >= 4 is 34.3 Å². The maximum absolute atomic E-state index is 12.1. The van der Waals surface area contributed by atoms with E-state index in [9.17, 15) is 4.79 Å². The van der Waals surface area contributed by atoms with Crippen LogP contribution in [-0.2, 0) is 11.2 Å². The van der Waals surface area contributed by atoms with Gasteiger partial charge < -0.3 is 10.3 Å². The second kappa shape index (κ2) is 7.38. The van der Waals surface area contributed by atoms with Crippen LogP contribution in [0.25, 0.3) is 10.9 Å². The lowest BCUT2D eigenvalue weighted by atomic mass is 10.1. The van der Waals surface area contributed by atoms with Gasteiger partial charge in [0.2, 0.25) is 5.91 Å². The minimum atomic E-state index is 0.0723. The fraction of sp³-hybridized carbons (Fsp3) is 0.211. The zero-order chi connectivity index (χ0) is 16.1. The molecular formula is C19H20N2OS. The summed E-state index contributed by atoms with van der Waals surface area (Å²) in [4.78, 5) is 16.5. The number of carbonyl (C=O) groups is 1. The first-order chi connectivity index (χ1) is 11.3. The molecule has 3 nitrogen and oxygen atoms in total. The molecule has 2 aromatic carbocycles. The highest BCUT2D eigenvalue weighted by atomic mass is 32.2. The molecule has 1 amide bonds. The summed E-state index contributed by atoms with van der Waals surface area (Å²) in [6, 6.07) is 16.2. The van der Waals surface area contributed by atoms with Crippen molar-refractivity contribution in [1.29, 1.82) is 0 Å². The zero-order valence-electron chi connectivity index (χ0n) is 13.1. The highest BCUT2D eigenvalue weighted by molar-refractivity contribution is 7.98. The molecular weight excluding hydrogens is 304 g/mol. The van der Waals surface area contributed by atoms with Crippen LogP contribution in [0.3, 0.4) is 0 Å². The summed E-state index contributed by atoms with van der Waals surface area (Å²) in [5.41, 5.74) is 3.30. The van der Waals surface area contributed by atoms with Crippen molar-refractivity contribution < 1.29 is 4.79 Å². The Morgan fingerprint density at radius 3 is 2.91 bits per heavy atom. The number of fused-ring (bicyclic) bond motifs is 1. The number of anilines is 1. The van der Waals surface area contributed by atoms with Crippen LogP contribution in [0.2, 0.25) is 0 Å². The molecule has 0 fully saturated rings. The summed E-state index contributed by atoms with van der Waals surface area (Å²) < 4.78 is 0. The van der Waals surface area contributed by atoms with Gasteiger partial charge in [0.05, 0.1) is 0 Å². The third-order valence-electron chi connectivity index (χ3n) is 3.88. The number of aryl methyl sites for hydroxylation is 1. The molecule has 0 atom stereocenters. The minimum absolute atomic E-state index is 0.0723. The molecule has 118 valence electrons. The van der Waals surface area contributed by atoms with Gasteiger partial charge in [-0.05, 0) is 48.9 Å². The summed E-state index contributed by atoms with van der Waals surface area (Å²) in [7, 11) is 0. The lowest BCUT2D eigenvalue weighted by Gasteiger charge is -2.06. The Morgan fingerprint density at radius 2 is 2.04 bits per heavy atom. The van der Waals surface area contributed by atoms with E-state index in [0.29, 0.717) is 6.42 Å². The minimum Gasteiger partial charge on any atom is -0.361 e. The van der Waals surface area contributed by atoms with Crippen LogP contribution >= 0.6 is 11.8 Å². The Hall–Kier alpha value is -2.20. The second-order valence-corrected chi connectivity index (χ2v) is 6.37. The van der Waals surface area contributed by atoms with Crippen LogP contribution in [0.1, 0.15) is 18.4 Å². The lowest BCUT2D eigenvalue weighted by Crippen LogP contribution is -2.11. The number of carbonyl (C=O) groups excluding carboxylic acids is 1. The summed E-state index contributed by atoms with van der Waals surface area (Å²) in [6.45, 7) is 0. The van der Waals surface area contributed by atoms with E-state index in [4.69, 9.17) is 0 Å². The zero-order valence-corrected chi connectivity index (χ0v) is 14.0. The molecule has 1 heterocycles. The summed E-state index contributed by atoms with van der Waals surface area (Å²) in [5, 5.41) is 4.22. The SMILES string of the molecule is CSc1cccc(NC(=O)CCCc2c[nH]c3ccccc23)c1. The number of nitrogens with one attached hydrogen (secondary N) is 2. The number of amides is 1. The Kier molecular flexibility index (Phi) is 5.03. The molecule has 4 heteroatoms. The van der Waals surface area contributed by atoms with Crippen LogP contribution in [0, 0.1) is 0 Å². The van der Waals surface area contributed by atoms with Crippen molar-refractivity contribution in [1.82, 2.24) is 4.98 Å². The molecule has 3 rings (SSSR count). The van der Waals surface area contributed by atoms with Crippen LogP contribution in [0.15, 0.2) is 59.6 Å². The molecule has 2 N–H and O–H groups in total.